The largest absolute Gasteiger partial charge is 0.348 e. The number of carbonyl (C=O) groups excluding carboxylic acids is 1. The van der Waals surface area contributed by atoms with Crippen LogP contribution in [0.3, 0.4) is 0 Å². The van der Waals surface area contributed by atoms with Gasteiger partial charge in [0.2, 0.25) is 5.91 Å². The average Bonchev–Trinajstić information content (AvgIpc) is 2.90. The molecule has 1 aromatic heterocycles. The van der Waals surface area contributed by atoms with Crippen LogP contribution in [0.4, 0.5) is 0 Å². The molecule has 2 nitrogen and oxygen atoms in total. The Morgan fingerprint density at radius 3 is 2.72 bits per heavy atom. The van der Waals surface area contributed by atoms with Gasteiger partial charge in [-0.3, -0.25) is 4.79 Å². The Kier molecular flexibility index (Phi) is 4.38. The van der Waals surface area contributed by atoms with Crippen molar-refractivity contribution in [1.82, 2.24) is 5.32 Å². The summed E-state index contributed by atoms with van der Waals surface area (Å²) in [6.07, 6.45) is 2.93. The normalized spacial score (nSPS) is 18.7. The van der Waals surface area contributed by atoms with E-state index in [0.717, 1.165) is 18.6 Å². The van der Waals surface area contributed by atoms with Crippen LogP contribution < -0.4 is 5.32 Å². The van der Waals surface area contributed by atoms with Crippen LogP contribution >= 0.6 is 24.0 Å². The Bertz CT molecular complexity index is 396. The molecule has 1 unspecified atom stereocenters. The highest BCUT2D eigenvalue weighted by Crippen LogP contribution is 2.49. The van der Waals surface area contributed by atoms with Crippen LogP contribution in [0.1, 0.15) is 44.0 Å². The van der Waals surface area contributed by atoms with Gasteiger partial charge in [-0.1, -0.05) is 19.9 Å². The molecule has 1 fully saturated rings. The summed E-state index contributed by atoms with van der Waals surface area (Å²) in [5.41, 5.74) is 0.199. The summed E-state index contributed by atoms with van der Waals surface area (Å²) in [6.45, 7) is 4.30. The number of hydrogen-bond acceptors (Lipinski definition) is 3. The summed E-state index contributed by atoms with van der Waals surface area (Å²) in [5.74, 6) is 1.42. The van der Waals surface area contributed by atoms with Gasteiger partial charge in [0.25, 0.3) is 0 Å². The summed E-state index contributed by atoms with van der Waals surface area (Å²) in [6, 6.07) is 4.28. The number of thiophene rings is 1. The molecule has 1 aliphatic rings. The maximum absolute atomic E-state index is 12.1. The maximum atomic E-state index is 12.1. The standard InChI is InChI=1S/C14H21NOS2/c1-10(2)13(11-4-3-7-18-11)15-12(16)8-14(9-17)5-6-14/h3-4,7,10,13,17H,5-6,8-9H2,1-2H3,(H,15,16). The van der Waals surface area contributed by atoms with Gasteiger partial charge >= 0.3 is 0 Å². The van der Waals surface area contributed by atoms with Gasteiger partial charge in [-0.15, -0.1) is 11.3 Å². The van der Waals surface area contributed by atoms with Gasteiger partial charge in [0.1, 0.15) is 0 Å². The molecule has 0 bridgehead atoms. The number of hydrogen-bond donors (Lipinski definition) is 2. The highest BCUT2D eigenvalue weighted by atomic mass is 32.1. The first-order valence-electron chi connectivity index (χ1n) is 6.50. The monoisotopic (exact) mass is 283 g/mol. The van der Waals surface area contributed by atoms with Gasteiger partial charge in [0.15, 0.2) is 0 Å². The van der Waals surface area contributed by atoms with Gasteiger partial charge in [0, 0.05) is 11.3 Å². The summed E-state index contributed by atoms with van der Waals surface area (Å²) in [4.78, 5) is 13.4. The number of thiol groups is 1. The minimum atomic E-state index is 0.146. The fourth-order valence-corrected chi connectivity index (χ4v) is 3.54. The third-order valence-corrected chi connectivity index (χ3v) is 5.29. The maximum Gasteiger partial charge on any atom is 0.221 e. The lowest BCUT2D eigenvalue weighted by molar-refractivity contribution is -0.123. The van der Waals surface area contributed by atoms with Crippen molar-refractivity contribution in [3.05, 3.63) is 22.4 Å². The Morgan fingerprint density at radius 1 is 1.56 bits per heavy atom. The molecule has 0 aliphatic heterocycles. The van der Waals surface area contributed by atoms with Crippen LogP contribution in [0.25, 0.3) is 0 Å². The first-order valence-corrected chi connectivity index (χ1v) is 8.01. The number of rotatable bonds is 6. The van der Waals surface area contributed by atoms with Gasteiger partial charge in [-0.05, 0) is 41.4 Å². The molecular weight excluding hydrogens is 262 g/mol. The van der Waals surface area contributed by atoms with E-state index in [1.165, 1.54) is 4.88 Å². The molecule has 0 aromatic carbocycles. The van der Waals surface area contributed by atoms with E-state index in [4.69, 9.17) is 0 Å². The van der Waals surface area contributed by atoms with Gasteiger partial charge in [-0.25, -0.2) is 0 Å². The van der Waals surface area contributed by atoms with E-state index in [0.29, 0.717) is 12.3 Å². The van der Waals surface area contributed by atoms with Crippen molar-refractivity contribution in [2.24, 2.45) is 11.3 Å². The summed E-state index contributed by atoms with van der Waals surface area (Å²) < 4.78 is 0. The second kappa shape index (κ2) is 5.66. The highest BCUT2D eigenvalue weighted by Gasteiger charge is 2.43. The average molecular weight is 283 g/mol. The molecule has 0 saturated heterocycles. The molecule has 1 aromatic rings. The fourth-order valence-electron chi connectivity index (χ4n) is 2.17. The minimum absolute atomic E-state index is 0.146. The van der Waals surface area contributed by atoms with E-state index in [1.807, 2.05) is 6.07 Å². The Balaban J connectivity index is 1.95. The molecule has 1 N–H and O–H groups in total. The molecule has 0 spiro atoms. The smallest absolute Gasteiger partial charge is 0.221 e. The molecule has 0 radical (unpaired) electrons. The predicted molar refractivity (Wildman–Crippen MR) is 80.2 cm³/mol. The van der Waals surface area contributed by atoms with Gasteiger partial charge < -0.3 is 5.32 Å². The molecule has 4 heteroatoms. The molecule has 2 rings (SSSR count). The van der Waals surface area contributed by atoms with Gasteiger partial charge in [0.05, 0.1) is 6.04 Å². The van der Waals surface area contributed by atoms with Crippen LogP contribution in [-0.4, -0.2) is 11.7 Å². The fraction of sp³-hybridized carbons (Fsp3) is 0.643. The van der Waals surface area contributed by atoms with E-state index >= 15 is 0 Å². The van der Waals surface area contributed by atoms with E-state index in [1.54, 1.807) is 11.3 Å². The van der Waals surface area contributed by atoms with Crippen molar-refractivity contribution in [1.29, 1.82) is 0 Å². The SMILES string of the molecule is CC(C)C(NC(=O)CC1(CS)CC1)c1cccs1. The van der Waals surface area contributed by atoms with Crippen molar-refractivity contribution in [3.63, 3.8) is 0 Å². The molecule has 18 heavy (non-hydrogen) atoms. The van der Waals surface area contributed by atoms with Crippen LogP contribution in [0.5, 0.6) is 0 Å². The quantitative estimate of drug-likeness (QED) is 0.767. The highest BCUT2D eigenvalue weighted by molar-refractivity contribution is 7.80. The molecule has 1 atom stereocenters. The number of amides is 1. The zero-order chi connectivity index (χ0) is 13.2. The Morgan fingerprint density at radius 2 is 2.28 bits per heavy atom. The van der Waals surface area contributed by atoms with Crippen molar-refractivity contribution in [2.75, 3.05) is 5.75 Å². The first-order chi connectivity index (χ1) is 8.56. The van der Waals surface area contributed by atoms with Crippen LogP contribution in [0.2, 0.25) is 0 Å². The number of nitrogens with one attached hydrogen (secondary N) is 1. The summed E-state index contributed by atoms with van der Waals surface area (Å²) in [5, 5.41) is 5.25. The zero-order valence-corrected chi connectivity index (χ0v) is 12.7. The van der Waals surface area contributed by atoms with Crippen LogP contribution in [0, 0.1) is 11.3 Å². The lowest BCUT2D eigenvalue weighted by Gasteiger charge is -2.22. The topological polar surface area (TPSA) is 29.1 Å². The van der Waals surface area contributed by atoms with Crippen LogP contribution in [0.15, 0.2) is 17.5 Å². The van der Waals surface area contributed by atoms with E-state index in [9.17, 15) is 4.79 Å². The van der Waals surface area contributed by atoms with E-state index in [2.05, 4.69) is 43.2 Å². The Hall–Kier alpha value is -0.480. The molecule has 1 aliphatic carbocycles. The van der Waals surface area contributed by atoms with Gasteiger partial charge in [-0.2, -0.15) is 12.6 Å². The molecule has 1 saturated carbocycles. The second-order valence-electron chi connectivity index (χ2n) is 5.64. The first kappa shape index (κ1) is 13.9. The number of carbonyl (C=O) groups is 1. The Labute approximate surface area is 119 Å². The lowest BCUT2D eigenvalue weighted by Crippen LogP contribution is -2.33. The summed E-state index contributed by atoms with van der Waals surface area (Å²) in [7, 11) is 0. The lowest BCUT2D eigenvalue weighted by atomic mass is 10.0. The van der Waals surface area contributed by atoms with Crippen molar-refractivity contribution in [3.8, 4) is 0 Å². The third-order valence-electron chi connectivity index (χ3n) is 3.66. The van der Waals surface area contributed by atoms with E-state index in [-0.39, 0.29) is 17.4 Å². The van der Waals surface area contributed by atoms with Crippen molar-refractivity contribution >= 4 is 29.9 Å². The molecule has 1 heterocycles. The van der Waals surface area contributed by atoms with Crippen LogP contribution in [-0.2, 0) is 4.79 Å². The summed E-state index contributed by atoms with van der Waals surface area (Å²) >= 11 is 6.06. The second-order valence-corrected chi connectivity index (χ2v) is 6.94. The predicted octanol–water partition coefficient (Wildman–Crippen LogP) is 3.66. The van der Waals surface area contributed by atoms with Crippen molar-refractivity contribution in [2.45, 2.75) is 39.2 Å². The molecule has 1 amide bonds. The molecule has 100 valence electrons. The molecular formula is C14H21NOS2. The minimum Gasteiger partial charge on any atom is -0.348 e. The third kappa shape index (κ3) is 3.29. The van der Waals surface area contributed by atoms with E-state index < -0.39 is 0 Å². The zero-order valence-electron chi connectivity index (χ0n) is 11.0. The van der Waals surface area contributed by atoms with Crippen molar-refractivity contribution < 1.29 is 4.79 Å².